The average molecular weight is 286 g/mol. The fourth-order valence-corrected chi connectivity index (χ4v) is 2.56. The van der Waals surface area contributed by atoms with Gasteiger partial charge in [0.25, 0.3) is 0 Å². The molecule has 1 saturated carbocycles. The third-order valence-electron chi connectivity index (χ3n) is 3.73. The Bertz CT molecular complexity index is 641. The number of carbonyl (C=O) groups excluding carboxylic acids is 1. The van der Waals surface area contributed by atoms with E-state index >= 15 is 0 Å². The van der Waals surface area contributed by atoms with Gasteiger partial charge in [0, 0.05) is 29.7 Å². The second kappa shape index (κ2) is 5.90. The second-order valence-electron chi connectivity index (χ2n) is 5.99. The van der Waals surface area contributed by atoms with E-state index in [-0.39, 0.29) is 18.6 Å². The van der Waals surface area contributed by atoms with Crippen molar-refractivity contribution < 1.29 is 9.53 Å². The summed E-state index contributed by atoms with van der Waals surface area (Å²) in [5.41, 5.74) is 2.38. The lowest BCUT2D eigenvalue weighted by Crippen LogP contribution is -2.17. The average Bonchev–Trinajstić information content (AvgIpc) is 3.17. The van der Waals surface area contributed by atoms with Crippen LogP contribution in [-0.2, 0) is 22.6 Å². The smallest absolute Gasteiger partial charge is 0.326 e. The van der Waals surface area contributed by atoms with Gasteiger partial charge in [0.05, 0.1) is 6.10 Å². The maximum absolute atomic E-state index is 11.8. The minimum atomic E-state index is -0.191. The highest BCUT2D eigenvalue weighted by atomic mass is 16.5. The molecule has 2 aromatic rings. The molecule has 3 rings (SSSR count). The van der Waals surface area contributed by atoms with E-state index in [0.29, 0.717) is 6.04 Å². The SMILES string of the molecule is CC(C)OC(=O)Cn1ccc2c(CNC3CC3)cccc21. The maximum Gasteiger partial charge on any atom is 0.326 e. The molecule has 1 heterocycles. The van der Waals surface area contributed by atoms with E-state index in [1.807, 2.05) is 24.6 Å². The quantitative estimate of drug-likeness (QED) is 0.830. The molecule has 4 nitrogen and oxygen atoms in total. The summed E-state index contributed by atoms with van der Waals surface area (Å²) in [7, 11) is 0. The fraction of sp³-hybridized carbons (Fsp3) is 0.471. The number of rotatable bonds is 6. The number of carbonyl (C=O) groups is 1. The van der Waals surface area contributed by atoms with Crippen molar-refractivity contribution in [3.63, 3.8) is 0 Å². The number of hydrogen-bond donors (Lipinski definition) is 1. The van der Waals surface area contributed by atoms with Gasteiger partial charge in [-0.25, -0.2) is 0 Å². The standard InChI is InChI=1S/C17H22N2O2/c1-12(2)21-17(20)11-19-9-8-15-13(4-3-5-16(15)19)10-18-14-6-7-14/h3-5,8-9,12,14,18H,6-7,10-11H2,1-2H3. The van der Waals surface area contributed by atoms with Gasteiger partial charge in [-0.15, -0.1) is 0 Å². The van der Waals surface area contributed by atoms with Crippen molar-refractivity contribution in [1.29, 1.82) is 0 Å². The van der Waals surface area contributed by atoms with E-state index in [2.05, 4.69) is 29.6 Å². The Balaban J connectivity index is 1.77. The highest BCUT2D eigenvalue weighted by Crippen LogP contribution is 2.23. The van der Waals surface area contributed by atoms with E-state index in [9.17, 15) is 4.79 Å². The molecule has 0 atom stereocenters. The van der Waals surface area contributed by atoms with Gasteiger partial charge in [-0.3, -0.25) is 4.79 Å². The van der Waals surface area contributed by atoms with Crippen molar-refractivity contribution in [1.82, 2.24) is 9.88 Å². The van der Waals surface area contributed by atoms with Gasteiger partial charge in [-0.2, -0.15) is 0 Å². The highest BCUT2D eigenvalue weighted by Gasteiger charge is 2.20. The van der Waals surface area contributed by atoms with Crippen LogP contribution in [0.2, 0.25) is 0 Å². The van der Waals surface area contributed by atoms with E-state index in [4.69, 9.17) is 4.74 Å². The molecule has 21 heavy (non-hydrogen) atoms. The third-order valence-corrected chi connectivity index (χ3v) is 3.73. The molecule has 1 fully saturated rings. The largest absolute Gasteiger partial charge is 0.462 e. The van der Waals surface area contributed by atoms with Crippen molar-refractivity contribution in [2.75, 3.05) is 0 Å². The van der Waals surface area contributed by atoms with Crippen LogP contribution in [-0.4, -0.2) is 22.7 Å². The number of benzene rings is 1. The van der Waals surface area contributed by atoms with Crippen molar-refractivity contribution in [2.45, 2.75) is 51.9 Å². The molecule has 1 aromatic heterocycles. The Morgan fingerprint density at radius 1 is 1.38 bits per heavy atom. The van der Waals surface area contributed by atoms with Crippen molar-refractivity contribution >= 4 is 16.9 Å². The van der Waals surface area contributed by atoms with Crippen LogP contribution in [0.3, 0.4) is 0 Å². The van der Waals surface area contributed by atoms with Gasteiger partial charge in [0.2, 0.25) is 0 Å². The number of esters is 1. The molecular formula is C17H22N2O2. The van der Waals surface area contributed by atoms with Crippen LogP contribution in [0.4, 0.5) is 0 Å². The summed E-state index contributed by atoms with van der Waals surface area (Å²) < 4.78 is 7.18. The fourth-order valence-electron chi connectivity index (χ4n) is 2.56. The van der Waals surface area contributed by atoms with Gasteiger partial charge in [0.1, 0.15) is 6.54 Å². The molecule has 0 bridgehead atoms. The zero-order chi connectivity index (χ0) is 14.8. The van der Waals surface area contributed by atoms with Gasteiger partial charge < -0.3 is 14.6 Å². The predicted octanol–water partition coefficient (Wildman–Crippen LogP) is 2.84. The molecule has 112 valence electrons. The second-order valence-corrected chi connectivity index (χ2v) is 5.99. The van der Waals surface area contributed by atoms with Crippen LogP contribution in [0, 0.1) is 0 Å². The van der Waals surface area contributed by atoms with E-state index < -0.39 is 0 Å². The molecule has 0 saturated heterocycles. The first-order valence-corrected chi connectivity index (χ1v) is 7.63. The Morgan fingerprint density at radius 3 is 2.90 bits per heavy atom. The van der Waals surface area contributed by atoms with Crippen LogP contribution in [0.25, 0.3) is 10.9 Å². The monoisotopic (exact) mass is 286 g/mol. The maximum atomic E-state index is 11.8. The summed E-state index contributed by atoms with van der Waals surface area (Å²) in [6.07, 6.45) is 4.47. The summed E-state index contributed by atoms with van der Waals surface area (Å²) in [6.45, 7) is 4.89. The molecule has 1 aromatic carbocycles. The number of fused-ring (bicyclic) bond motifs is 1. The molecule has 1 aliphatic carbocycles. The molecule has 1 N–H and O–H groups in total. The van der Waals surface area contributed by atoms with Crippen LogP contribution < -0.4 is 5.32 Å². The first-order valence-electron chi connectivity index (χ1n) is 7.63. The topological polar surface area (TPSA) is 43.3 Å². The minimum Gasteiger partial charge on any atom is -0.462 e. The lowest BCUT2D eigenvalue weighted by molar-refractivity contribution is -0.148. The number of ether oxygens (including phenoxy) is 1. The Kier molecular flexibility index (Phi) is 3.97. The zero-order valence-electron chi connectivity index (χ0n) is 12.6. The van der Waals surface area contributed by atoms with Crippen molar-refractivity contribution in [3.8, 4) is 0 Å². The summed E-state index contributed by atoms with van der Waals surface area (Å²) in [6, 6.07) is 9.04. The number of nitrogens with zero attached hydrogens (tertiary/aromatic N) is 1. The molecule has 0 radical (unpaired) electrons. The number of hydrogen-bond acceptors (Lipinski definition) is 3. The lowest BCUT2D eigenvalue weighted by atomic mass is 10.1. The molecule has 0 amide bonds. The van der Waals surface area contributed by atoms with E-state index in [1.54, 1.807) is 0 Å². The van der Waals surface area contributed by atoms with E-state index in [1.165, 1.54) is 23.8 Å². The van der Waals surface area contributed by atoms with Gasteiger partial charge in [-0.05, 0) is 44.4 Å². The number of nitrogens with one attached hydrogen (secondary N) is 1. The molecule has 4 heteroatoms. The minimum absolute atomic E-state index is 0.0716. The van der Waals surface area contributed by atoms with Crippen molar-refractivity contribution in [2.24, 2.45) is 0 Å². The first-order chi connectivity index (χ1) is 10.1. The van der Waals surface area contributed by atoms with E-state index in [0.717, 1.165) is 12.1 Å². The Morgan fingerprint density at radius 2 is 2.19 bits per heavy atom. The van der Waals surface area contributed by atoms with Crippen molar-refractivity contribution in [3.05, 3.63) is 36.0 Å². The normalized spacial score (nSPS) is 14.8. The predicted molar refractivity (Wildman–Crippen MR) is 83.0 cm³/mol. The highest BCUT2D eigenvalue weighted by molar-refractivity contribution is 5.85. The van der Waals surface area contributed by atoms with Crippen LogP contribution in [0.5, 0.6) is 0 Å². The zero-order valence-corrected chi connectivity index (χ0v) is 12.6. The molecule has 0 unspecified atom stereocenters. The third kappa shape index (κ3) is 3.45. The molecular weight excluding hydrogens is 264 g/mol. The number of aromatic nitrogens is 1. The molecule has 0 spiro atoms. The van der Waals surface area contributed by atoms with Gasteiger partial charge >= 0.3 is 5.97 Å². The van der Waals surface area contributed by atoms with Crippen LogP contribution in [0.1, 0.15) is 32.3 Å². The van der Waals surface area contributed by atoms with Crippen LogP contribution >= 0.6 is 0 Å². The van der Waals surface area contributed by atoms with Gasteiger partial charge in [-0.1, -0.05) is 12.1 Å². The summed E-state index contributed by atoms with van der Waals surface area (Å²) in [5, 5.41) is 4.75. The summed E-state index contributed by atoms with van der Waals surface area (Å²) >= 11 is 0. The summed E-state index contributed by atoms with van der Waals surface area (Å²) in [5.74, 6) is -0.191. The molecule has 1 aliphatic rings. The summed E-state index contributed by atoms with van der Waals surface area (Å²) in [4.78, 5) is 11.8. The Hall–Kier alpha value is -1.81. The van der Waals surface area contributed by atoms with Crippen LogP contribution in [0.15, 0.2) is 30.5 Å². The first kappa shape index (κ1) is 14.1. The van der Waals surface area contributed by atoms with Gasteiger partial charge in [0.15, 0.2) is 0 Å². The Labute approximate surface area is 125 Å². The molecule has 0 aliphatic heterocycles. The lowest BCUT2D eigenvalue weighted by Gasteiger charge is -2.10.